The molecule has 0 unspecified atom stereocenters. The lowest BCUT2D eigenvalue weighted by atomic mass is 10.1. The Hall–Kier alpha value is -3.41. The van der Waals surface area contributed by atoms with Gasteiger partial charge in [0.15, 0.2) is 5.65 Å². The van der Waals surface area contributed by atoms with Gasteiger partial charge in [-0.25, -0.2) is 9.97 Å². The van der Waals surface area contributed by atoms with Crippen LogP contribution < -0.4 is 15.4 Å². The molecule has 0 radical (unpaired) electrons. The van der Waals surface area contributed by atoms with Crippen LogP contribution in [-0.2, 0) is 0 Å². The number of carbonyl (C=O) groups is 1. The van der Waals surface area contributed by atoms with Gasteiger partial charge in [0.1, 0.15) is 11.6 Å². The molecule has 2 aromatic heterocycles. The third-order valence-corrected chi connectivity index (χ3v) is 4.46. The summed E-state index contributed by atoms with van der Waals surface area (Å²) in [6.07, 6.45) is 5.08. The minimum atomic E-state index is -0.269. The van der Waals surface area contributed by atoms with E-state index in [1.165, 1.54) is 12.8 Å². The molecule has 2 heterocycles. The summed E-state index contributed by atoms with van der Waals surface area (Å²) < 4.78 is 5.71. The van der Waals surface area contributed by atoms with E-state index in [0.717, 1.165) is 29.9 Å². The molecule has 0 saturated heterocycles. The van der Waals surface area contributed by atoms with Gasteiger partial charge in [-0.15, -0.1) is 0 Å². The lowest BCUT2D eigenvalue weighted by molar-refractivity contribution is 0.0965. The molecule has 3 rings (SSSR count). The smallest absolute Gasteiger partial charge is 0.258 e. The molecule has 1 aromatic carbocycles. The first-order valence-corrected chi connectivity index (χ1v) is 9.79. The van der Waals surface area contributed by atoms with Gasteiger partial charge in [0, 0.05) is 17.3 Å². The molecule has 2 N–H and O–H groups in total. The summed E-state index contributed by atoms with van der Waals surface area (Å²) in [6, 6.07) is 13.1. The fourth-order valence-electron chi connectivity index (χ4n) is 2.91. The van der Waals surface area contributed by atoms with Gasteiger partial charge in [-0.1, -0.05) is 26.3 Å². The van der Waals surface area contributed by atoms with Crippen LogP contribution in [0.1, 0.15) is 42.2 Å². The van der Waals surface area contributed by atoms with Crippen LogP contribution in [0.4, 0.5) is 5.69 Å². The van der Waals surface area contributed by atoms with E-state index >= 15 is 0 Å². The van der Waals surface area contributed by atoms with E-state index in [2.05, 4.69) is 34.1 Å². The van der Waals surface area contributed by atoms with Crippen molar-refractivity contribution in [2.75, 3.05) is 11.9 Å². The molecule has 0 fully saturated rings. The lowest BCUT2D eigenvalue weighted by Gasteiger charge is -2.13. The van der Waals surface area contributed by atoms with Gasteiger partial charge < -0.3 is 15.4 Å². The van der Waals surface area contributed by atoms with Gasteiger partial charge in [-0.3, -0.25) is 4.79 Å². The van der Waals surface area contributed by atoms with Crippen LogP contribution in [0.25, 0.3) is 11.0 Å². The van der Waals surface area contributed by atoms with E-state index in [9.17, 15) is 4.79 Å². The van der Waals surface area contributed by atoms with Crippen molar-refractivity contribution in [3.63, 3.8) is 0 Å². The third-order valence-electron chi connectivity index (χ3n) is 4.46. The van der Waals surface area contributed by atoms with Crippen molar-refractivity contribution in [1.29, 1.82) is 0 Å². The summed E-state index contributed by atoms with van der Waals surface area (Å²) in [5.41, 5.74) is 2.54. The Labute approximate surface area is 171 Å². The van der Waals surface area contributed by atoms with Crippen LogP contribution in [0.2, 0.25) is 0 Å². The number of amides is 1. The first-order chi connectivity index (χ1) is 14.1. The average molecular weight is 390 g/mol. The second-order valence-electron chi connectivity index (χ2n) is 6.81. The molecule has 1 amide bonds. The molecule has 29 heavy (non-hydrogen) atoms. The third kappa shape index (κ3) is 5.54. The number of hydrogen-bond acceptors (Lipinski definition) is 5. The Bertz CT molecular complexity index is 999. The summed E-state index contributed by atoms with van der Waals surface area (Å²) in [5.74, 6) is 0.944. The molecule has 6 heteroatoms. The maximum absolute atomic E-state index is 12.6. The lowest BCUT2D eigenvalue weighted by Crippen LogP contribution is -2.27. The SMILES string of the molecule is C=C(NC(=O)c1cc2cccnc2nc1C)Nc1ccc(OCCCCC)cc1. The molecule has 3 aromatic rings. The normalized spacial score (nSPS) is 10.6. The van der Waals surface area contributed by atoms with Crippen molar-refractivity contribution < 1.29 is 9.53 Å². The topological polar surface area (TPSA) is 76.1 Å². The molecule has 0 atom stereocenters. The first kappa shape index (κ1) is 20.3. The number of aromatic nitrogens is 2. The Kier molecular flexibility index (Phi) is 6.79. The molecule has 0 aliphatic carbocycles. The molecule has 0 spiro atoms. The predicted octanol–water partition coefficient (Wildman–Crippen LogP) is 4.82. The van der Waals surface area contributed by atoms with Crippen molar-refractivity contribution >= 4 is 22.6 Å². The van der Waals surface area contributed by atoms with Crippen LogP contribution in [0.3, 0.4) is 0 Å². The number of nitrogens with zero attached hydrogens (tertiary/aromatic N) is 2. The maximum Gasteiger partial charge on any atom is 0.258 e. The van der Waals surface area contributed by atoms with Crippen molar-refractivity contribution in [2.45, 2.75) is 33.1 Å². The van der Waals surface area contributed by atoms with E-state index in [1.54, 1.807) is 19.2 Å². The summed E-state index contributed by atoms with van der Waals surface area (Å²) in [5, 5.41) is 6.68. The Morgan fingerprint density at radius 2 is 1.97 bits per heavy atom. The molecule has 0 aliphatic rings. The van der Waals surface area contributed by atoms with Crippen LogP contribution >= 0.6 is 0 Å². The van der Waals surface area contributed by atoms with Crippen LogP contribution in [0, 0.1) is 6.92 Å². The second kappa shape index (κ2) is 9.68. The monoisotopic (exact) mass is 390 g/mol. The quantitative estimate of drug-likeness (QED) is 0.512. The van der Waals surface area contributed by atoms with Gasteiger partial charge in [0.2, 0.25) is 0 Å². The maximum atomic E-state index is 12.6. The molecule has 6 nitrogen and oxygen atoms in total. The Morgan fingerprint density at radius 1 is 1.17 bits per heavy atom. The number of nitrogens with one attached hydrogen (secondary N) is 2. The number of ether oxygens (including phenoxy) is 1. The number of pyridine rings is 2. The predicted molar refractivity (Wildman–Crippen MR) is 116 cm³/mol. The number of unbranched alkanes of at least 4 members (excludes halogenated alkanes) is 2. The number of aryl methyl sites for hydroxylation is 1. The second-order valence-corrected chi connectivity index (χ2v) is 6.81. The number of carbonyl (C=O) groups excluding carboxylic acids is 1. The zero-order valence-electron chi connectivity index (χ0n) is 16.9. The van der Waals surface area contributed by atoms with Crippen LogP contribution in [0.15, 0.2) is 61.1 Å². The highest BCUT2D eigenvalue weighted by Gasteiger charge is 2.13. The Morgan fingerprint density at radius 3 is 2.72 bits per heavy atom. The molecular formula is C23H26N4O2. The molecule has 150 valence electrons. The van der Waals surface area contributed by atoms with Gasteiger partial charge in [-0.2, -0.15) is 0 Å². The highest BCUT2D eigenvalue weighted by Crippen LogP contribution is 2.18. The zero-order valence-corrected chi connectivity index (χ0v) is 16.9. The zero-order chi connectivity index (χ0) is 20.6. The molecular weight excluding hydrogens is 364 g/mol. The van der Waals surface area contributed by atoms with Crippen LogP contribution in [0.5, 0.6) is 5.75 Å². The minimum Gasteiger partial charge on any atom is -0.494 e. The van der Waals surface area contributed by atoms with E-state index in [-0.39, 0.29) is 5.91 Å². The van der Waals surface area contributed by atoms with E-state index in [0.29, 0.717) is 22.7 Å². The van der Waals surface area contributed by atoms with Crippen molar-refractivity contribution in [3.8, 4) is 5.75 Å². The Balaban J connectivity index is 1.57. The van der Waals surface area contributed by atoms with Crippen molar-refractivity contribution in [3.05, 3.63) is 72.3 Å². The van der Waals surface area contributed by atoms with Crippen molar-refractivity contribution in [2.24, 2.45) is 0 Å². The van der Waals surface area contributed by atoms with Crippen LogP contribution in [-0.4, -0.2) is 22.5 Å². The van der Waals surface area contributed by atoms with Gasteiger partial charge in [0.05, 0.1) is 17.9 Å². The highest BCUT2D eigenvalue weighted by atomic mass is 16.5. The molecule has 0 bridgehead atoms. The summed E-state index contributed by atoms with van der Waals surface area (Å²) in [4.78, 5) is 21.3. The van der Waals surface area contributed by atoms with E-state index in [4.69, 9.17) is 4.74 Å². The van der Waals surface area contributed by atoms with E-state index in [1.807, 2.05) is 36.4 Å². The average Bonchev–Trinajstić information content (AvgIpc) is 2.71. The van der Waals surface area contributed by atoms with Crippen molar-refractivity contribution in [1.82, 2.24) is 15.3 Å². The number of benzene rings is 1. The summed E-state index contributed by atoms with van der Waals surface area (Å²) >= 11 is 0. The minimum absolute atomic E-state index is 0.269. The number of fused-ring (bicyclic) bond motifs is 1. The highest BCUT2D eigenvalue weighted by molar-refractivity contribution is 5.99. The molecule has 0 aliphatic heterocycles. The number of rotatable bonds is 9. The largest absolute Gasteiger partial charge is 0.494 e. The summed E-state index contributed by atoms with van der Waals surface area (Å²) in [7, 11) is 0. The van der Waals surface area contributed by atoms with E-state index < -0.39 is 0 Å². The fraction of sp³-hybridized carbons (Fsp3) is 0.261. The number of anilines is 1. The standard InChI is InChI=1S/C23H26N4O2/c1-4-5-6-14-29-20-11-9-19(10-12-20)26-17(3)27-23(28)21-15-18-8-7-13-24-22(18)25-16(21)2/h7-13,15,26H,3-6,14H2,1-2H3,(H,27,28). The number of hydrogen-bond donors (Lipinski definition) is 2. The van der Waals surface area contributed by atoms with Gasteiger partial charge in [-0.05, 0) is 55.8 Å². The fourth-order valence-corrected chi connectivity index (χ4v) is 2.91. The summed E-state index contributed by atoms with van der Waals surface area (Å²) in [6.45, 7) is 8.57. The first-order valence-electron chi connectivity index (χ1n) is 9.79. The molecule has 0 saturated carbocycles. The van der Waals surface area contributed by atoms with Gasteiger partial charge >= 0.3 is 0 Å². The van der Waals surface area contributed by atoms with Gasteiger partial charge in [0.25, 0.3) is 5.91 Å².